The van der Waals surface area contributed by atoms with E-state index >= 15 is 0 Å². The molecule has 1 aliphatic rings. The average molecular weight is 252 g/mol. The molecule has 98 valence electrons. The minimum atomic E-state index is -0.648. The Morgan fingerprint density at radius 3 is 3.11 bits per heavy atom. The summed E-state index contributed by atoms with van der Waals surface area (Å²) in [6.45, 7) is 2.93. The van der Waals surface area contributed by atoms with E-state index in [2.05, 4.69) is 4.98 Å². The molecule has 0 spiro atoms. The Morgan fingerprint density at radius 1 is 1.67 bits per heavy atom. The Hall–Kier alpha value is -1.49. The number of halogens is 1. The first-order valence-electron chi connectivity index (χ1n) is 6.17. The van der Waals surface area contributed by atoms with E-state index in [1.54, 1.807) is 11.8 Å². The van der Waals surface area contributed by atoms with Gasteiger partial charge in [0.05, 0.1) is 6.10 Å². The van der Waals surface area contributed by atoms with Crippen molar-refractivity contribution in [2.24, 2.45) is 5.92 Å². The Bertz CT molecular complexity index is 437. The number of likely N-dealkylation sites (tertiary alicyclic amines) is 1. The van der Waals surface area contributed by atoms with Crippen molar-refractivity contribution >= 4 is 5.91 Å². The SMILES string of the molecule is CC(O)C1CCCN(C(=O)c2ccnc(F)c2)C1. The largest absolute Gasteiger partial charge is 0.393 e. The van der Waals surface area contributed by atoms with Crippen LogP contribution in [0.2, 0.25) is 0 Å². The molecule has 1 aromatic heterocycles. The highest BCUT2D eigenvalue weighted by molar-refractivity contribution is 5.94. The van der Waals surface area contributed by atoms with Gasteiger partial charge in [-0.3, -0.25) is 4.79 Å². The molecule has 1 amide bonds. The predicted octanol–water partition coefficient (Wildman–Crippen LogP) is 1.45. The maximum Gasteiger partial charge on any atom is 0.254 e. The first kappa shape index (κ1) is 13.0. The molecular weight excluding hydrogens is 235 g/mol. The molecule has 0 aliphatic carbocycles. The number of amides is 1. The predicted molar refractivity (Wildman–Crippen MR) is 64.5 cm³/mol. The van der Waals surface area contributed by atoms with E-state index in [-0.39, 0.29) is 11.8 Å². The van der Waals surface area contributed by atoms with Crippen molar-refractivity contribution < 1.29 is 14.3 Å². The number of aliphatic hydroxyl groups excluding tert-OH is 1. The van der Waals surface area contributed by atoms with Crippen molar-refractivity contribution in [3.8, 4) is 0 Å². The number of hydrogen-bond acceptors (Lipinski definition) is 3. The molecule has 0 bridgehead atoms. The zero-order chi connectivity index (χ0) is 13.1. The Morgan fingerprint density at radius 2 is 2.44 bits per heavy atom. The second-order valence-corrected chi connectivity index (χ2v) is 4.76. The zero-order valence-corrected chi connectivity index (χ0v) is 10.3. The normalized spacial score (nSPS) is 21.7. The van der Waals surface area contributed by atoms with Crippen LogP contribution in [0.15, 0.2) is 18.3 Å². The van der Waals surface area contributed by atoms with Crippen LogP contribution in [0.3, 0.4) is 0 Å². The zero-order valence-electron chi connectivity index (χ0n) is 10.3. The minimum Gasteiger partial charge on any atom is -0.393 e. The third-order valence-corrected chi connectivity index (χ3v) is 3.40. The van der Waals surface area contributed by atoms with E-state index in [1.165, 1.54) is 12.3 Å². The molecule has 2 rings (SSSR count). The summed E-state index contributed by atoms with van der Waals surface area (Å²) in [5.41, 5.74) is 0.314. The summed E-state index contributed by atoms with van der Waals surface area (Å²) >= 11 is 0. The molecule has 2 heterocycles. The first-order chi connectivity index (χ1) is 8.58. The van der Waals surface area contributed by atoms with Crippen LogP contribution in [0.4, 0.5) is 4.39 Å². The number of carbonyl (C=O) groups excluding carboxylic acids is 1. The number of carbonyl (C=O) groups is 1. The van der Waals surface area contributed by atoms with Crippen molar-refractivity contribution in [1.82, 2.24) is 9.88 Å². The van der Waals surface area contributed by atoms with E-state index in [0.29, 0.717) is 18.7 Å². The number of piperidine rings is 1. The molecule has 4 nitrogen and oxygen atoms in total. The second-order valence-electron chi connectivity index (χ2n) is 4.76. The molecule has 0 radical (unpaired) electrons. The van der Waals surface area contributed by atoms with Gasteiger partial charge >= 0.3 is 0 Å². The highest BCUT2D eigenvalue weighted by Gasteiger charge is 2.27. The maximum atomic E-state index is 13.0. The van der Waals surface area contributed by atoms with E-state index in [4.69, 9.17) is 0 Å². The Kier molecular flexibility index (Phi) is 3.91. The summed E-state index contributed by atoms with van der Waals surface area (Å²) in [6, 6.07) is 2.66. The van der Waals surface area contributed by atoms with Gasteiger partial charge in [0.25, 0.3) is 5.91 Å². The number of hydrogen-bond donors (Lipinski definition) is 1. The fourth-order valence-corrected chi connectivity index (χ4v) is 2.31. The lowest BCUT2D eigenvalue weighted by atomic mass is 9.93. The highest BCUT2D eigenvalue weighted by Crippen LogP contribution is 2.21. The fourth-order valence-electron chi connectivity index (χ4n) is 2.31. The average Bonchev–Trinajstić information content (AvgIpc) is 2.38. The quantitative estimate of drug-likeness (QED) is 0.811. The van der Waals surface area contributed by atoms with Crippen LogP contribution in [0.1, 0.15) is 30.1 Å². The Labute approximate surface area is 105 Å². The molecule has 1 N–H and O–H groups in total. The molecule has 1 saturated heterocycles. The molecule has 1 aromatic rings. The van der Waals surface area contributed by atoms with Crippen LogP contribution < -0.4 is 0 Å². The number of pyridine rings is 1. The third-order valence-electron chi connectivity index (χ3n) is 3.40. The number of nitrogens with zero attached hydrogens (tertiary/aromatic N) is 2. The van der Waals surface area contributed by atoms with E-state index < -0.39 is 12.1 Å². The van der Waals surface area contributed by atoms with Crippen LogP contribution in [-0.4, -0.2) is 40.1 Å². The summed E-state index contributed by atoms with van der Waals surface area (Å²) in [4.78, 5) is 17.3. The molecule has 2 unspecified atom stereocenters. The van der Waals surface area contributed by atoms with Crippen LogP contribution in [0, 0.1) is 11.9 Å². The van der Waals surface area contributed by atoms with Gasteiger partial charge in [0.2, 0.25) is 5.95 Å². The summed E-state index contributed by atoms with van der Waals surface area (Å²) in [6.07, 6.45) is 2.66. The van der Waals surface area contributed by atoms with Crippen molar-refractivity contribution in [3.63, 3.8) is 0 Å². The van der Waals surface area contributed by atoms with Crippen molar-refractivity contribution in [1.29, 1.82) is 0 Å². The van der Waals surface area contributed by atoms with Crippen LogP contribution in [-0.2, 0) is 0 Å². The van der Waals surface area contributed by atoms with Gasteiger partial charge in [-0.05, 0) is 25.8 Å². The molecule has 0 aromatic carbocycles. The summed E-state index contributed by atoms with van der Waals surface area (Å²) in [7, 11) is 0. The Balaban J connectivity index is 2.09. The van der Waals surface area contributed by atoms with Crippen LogP contribution in [0.25, 0.3) is 0 Å². The van der Waals surface area contributed by atoms with Crippen molar-refractivity contribution in [3.05, 3.63) is 29.8 Å². The van der Waals surface area contributed by atoms with Gasteiger partial charge in [0.15, 0.2) is 0 Å². The lowest BCUT2D eigenvalue weighted by Gasteiger charge is -2.34. The minimum absolute atomic E-state index is 0.106. The summed E-state index contributed by atoms with van der Waals surface area (Å²) < 4.78 is 13.0. The number of aromatic nitrogens is 1. The standard InChI is InChI=1S/C13H17FN2O2/c1-9(17)11-3-2-6-16(8-11)13(18)10-4-5-15-12(14)7-10/h4-5,7,9,11,17H,2-3,6,8H2,1H3. The highest BCUT2D eigenvalue weighted by atomic mass is 19.1. The van der Waals surface area contributed by atoms with E-state index in [1.807, 2.05) is 0 Å². The second kappa shape index (κ2) is 5.44. The van der Waals surface area contributed by atoms with Gasteiger partial charge in [-0.2, -0.15) is 4.39 Å². The van der Waals surface area contributed by atoms with Gasteiger partial charge in [-0.1, -0.05) is 0 Å². The summed E-state index contributed by atoms with van der Waals surface area (Å²) in [5, 5.41) is 9.58. The topological polar surface area (TPSA) is 53.4 Å². The maximum absolute atomic E-state index is 13.0. The van der Waals surface area contributed by atoms with Crippen LogP contribution in [0.5, 0.6) is 0 Å². The fraction of sp³-hybridized carbons (Fsp3) is 0.538. The van der Waals surface area contributed by atoms with Gasteiger partial charge in [0, 0.05) is 36.8 Å². The molecule has 2 atom stereocenters. The van der Waals surface area contributed by atoms with Gasteiger partial charge in [-0.25, -0.2) is 4.98 Å². The van der Waals surface area contributed by atoms with E-state index in [9.17, 15) is 14.3 Å². The van der Waals surface area contributed by atoms with Gasteiger partial charge in [-0.15, -0.1) is 0 Å². The smallest absolute Gasteiger partial charge is 0.254 e. The van der Waals surface area contributed by atoms with Gasteiger partial charge < -0.3 is 10.0 Å². The molecule has 5 heteroatoms. The molecular formula is C13H17FN2O2. The molecule has 1 aliphatic heterocycles. The molecule has 0 saturated carbocycles. The van der Waals surface area contributed by atoms with E-state index in [0.717, 1.165) is 18.9 Å². The lowest BCUT2D eigenvalue weighted by Crippen LogP contribution is -2.42. The third kappa shape index (κ3) is 2.85. The number of aliphatic hydroxyl groups is 1. The number of rotatable bonds is 2. The van der Waals surface area contributed by atoms with Crippen molar-refractivity contribution in [2.75, 3.05) is 13.1 Å². The monoisotopic (exact) mass is 252 g/mol. The molecule has 18 heavy (non-hydrogen) atoms. The van der Waals surface area contributed by atoms with Gasteiger partial charge in [0.1, 0.15) is 0 Å². The first-order valence-corrected chi connectivity index (χ1v) is 6.17. The molecule has 1 fully saturated rings. The van der Waals surface area contributed by atoms with Crippen molar-refractivity contribution in [2.45, 2.75) is 25.9 Å². The lowest BCUT2D eigenvalue weighted by molar-refractivity contribution is 0.0465. The summed E-state index contributed by atoms with van der Waals surface area (Å²) in [5.74, 6) is -0.735. The van der Waals surface area contributed by atoms with Crippen LogP contribution >= 0.6 is 0 Å².